The van der Waals surface area contributed by atoms with Crippen molar-refractivity contribution in [2.75, 3.05) is 6.61 Å². The second-order valence-corrected chi connectivity index (χ2v) is 7.28. The number of aromatic nitrogens is 4. The second kappa shape index (κ2) is 7.80. The van der Waals surface area contributed by atoms with Crippen LogP contribution in [0, 0.1) is 15.9 Å². The Morgan fingerprint density at radius 1 is 1.23 bits per heavy atom. The maximum atomic E-state index is 14.5. The topological polar surface area (TPSA) is 108 Å². The van der Waals surface area contributed by atoms with Gasteiger partial charge in [0.05, 0.1) is 28.9 Å². The highest BCUT2D eigenvalue weighted by atomic mass is 19.1. The number of nitrogens with zero attached hydrogens (tertiary/aromatic N) is 4. The molecule has 1 aliphatic rings. The molecule has 1 N–H and O–H groups in total. The molecule has 1 saturated heterocycles. The van der Waals surface area contributed by atoms with Gasteiger partial charge in [-0.05, 0) is 37.5 Å². The van der Waals surface area contributed by atoms with Crippen molar-refractivity contribution < 1.29 is 18.8 Å². The molecule has 3 heterocycles. The van der Waals surface area contributed by atoms with Gasteiger partial charge in [-0.2, -0.15) is 10.2 Å². The van der Waals surface area contributed by atoms with Crippen LogP contribution < -0.4 is 4.74 Å². The van der Waals surface area contributed by atoms with E-state index in [1.54, 1.807) is 24.7 Å². The molecule has 1 aliphatic heterocycles. The van der Waals surface area contributed by atoms with Gasteiger partial charge in [0.1, 0.15) is 5.75 Å². The van der Waals surface area contributed by atoms with Crippen molar-refractivity contribution in [2.45, 2.75) is 25.5 Å². The van der Waals surface area contributed by atoms with Crippen molar-refractivity contribution >= 4 is 16.6 Å². The molecule has 4 aromatic rings. The van der Waals surface area contributed by atoms with E-state index < -0.39 is 10.7 Å². The van der Waals surface area contributed by atoms with Gasteiger partial charge >= 0.3 is 0 Å². The van der Waals surface area contributed by atoms with Crippen molar-refractivity contribution in [3.63, 3.8) is 0 Å². The molecule has 10 heteroatoms. The fourth-order valence-electron chi connectivity index (χ4n) is 3.73. The molecule has 0 bridgehead atoms. The van der Waals surface area contributed by atoms with Crippen LogP contribution in [0.5, 0.6) is 11.5 Å². The Kier molecular flexibility index (Phi) is 4.83. The summed E-state index contributed by atoms with van der Waals surface area (Å²) in [5, 5.41) is 23.0. The number of nitro benzene ring substituents is 1. The molecule has 0 aliphatic carbocycles. The molecule has 31 heavy (non-hydrogen) atoms. The van der Waals surface area contributed by atoms with E-state index in [2.05, 4.69) is 15.3 Å². The summed E-state index contributed by atoms with van der Waals surface area (Å²) in [6, 6.07) is 6.96. The maximum Gasteiger partial charge on any atom is 0.272 e. The summed E-state index contributed by atoms with van der Waals surface area (Å²) in [6.45, 7) is 0.696. The van der Waals surface area contributed by atoms with Crippen LogP contribution in [0.1, 0.15) is 25.5 Å². The summed E-state index contributed by atoms with van der Waals surface area (Å²) in [4.78, 5) is 10.2. The molecule has 2 aromatic carbocycles. The number of nitrogens with one attached hydrogen (secondary N) is 1. The number of aromatic amines is 1. The van der Waals surface area contributed by atoms with Gasteiger partial charge in [-0.15, -0.1) is 0 Å². The Morgan fingerprint density at radius 3 is 2.84 bits per heavy atom. The molecular weight excluding hydrogens is 405 g/mol. The van der Waals surface area contributed by atoms with Crippen LogP contribution in [-0.4, -0.2) is 31.5 Å². The first-order chi connectivity index (χ1) is 15.1. The lowest BCUT2D eigenvalue weighted by Gasteiger charge is -2.23. The first kappa shape index (κ1) is 19.2. The number of nitro groups is 1. The molecule has 0 spiro atoms. The van der Waals surface area contributed by atoms with Gasteiger partial charge in [0, 0.05) is 35.4 Å². The van der Waals surface area contributed by atoms with E-state index in [1.165, 1.54) is 12.1 Å². The van der Waals surface area contributed by atoms with Crippen molar-refractivity contribution in [1.29, 1.82) is 0 Å². The molecule has 0 radical (unpaired) electrons. The molecule has 158 valence electrons. The molecule has 1 atom stereocenters. The van der Waals surface area contributed by atoms with E-state index in [0.717, 1.165) is 41.8 Å². The summed E-state index contributed by atoms with van der Waals surface area (Å²) < 4.78 is 28.0. The summed E-state index contributed by atoms with van der Waals surface area (Å²) in [7, 11) is 0. The minimum atomic E-state index is -0.821. The fraction of sp³-hybridized carbons (Fsp3) is 0.238. The van der Waals surface area contributed by atoms with Crippen molar-refractivity contribution in [2.24, 2.45) is 0 Å². The second-order valence-electron chi connectivity index (χ2n) is 7.28. The lowest BCUT2D eigenvalue weighted by Crippen LogP contribution is -2.18. The average Bonchev–Trinajstić information content (AvgIpc) is 3.45. The predicted molar refractivity (Wildman–Crippen MR) is 109 cm³/mol. The number of hydrogen-bond acceptors (Lipinski definition) is 6. The van der Waals surface area contributed by atoms with E-state index >= 15 is 0 Å². The van der Waals surface area contributed by atoms with Crippen LogP contribution in [0.3, 0.4) is 0 Å². The molecule has 9 nitrogen and oxygen atoms in total. The average molecular weight is 423 g/mol. The molecular formula is C21H18FN5O4. The third-order valence-corrected chi connectivity index (χ3v) is 5.28. The predicted octanol–water partition coefficient (Wildman–Crippen LogP) is 4.97. The van der Waals surface area contributed by atoms with Crippen LogP contribution in [0.4, 0.5) is 10.1 Å². The Morgan fingerprint density at radius 2 is 2.13 bits per heavy atom. The number of halogens is 1. The van der Waals surface area contributed by atoms with Crippen molar-refractivity contribution in [3.05, 3.63) is 64.9 Å². The summed E-state index contributed by atoms with van der Waals surface area (Å²) in [5.41, 5.74) is 1.94. The van der Waals surface area contributed by atoms with Gasteiger partial charge < -0.3 is 9.47 Å². The van der Waals surface area contributed by atoms with E-state index in [4.69, 9.17) is 9.47 Å². The smallest absolute Gasteiger partial charge is 0.272 e. The zero-order valence-electron chi connectivity index (χ0n) is 16.3. The third kappa shape index (κ3) is 3.61. The Bertz CT molecular complexity index is 1250. The third-order valence-electron chi connectivity index (χ3n) is 5.28. The van der Waals surface area contributed by atoms with E-state index in [9.17, 15) is 14.5 Å². The van der Waals surface area contributed by atoms with Crippen LogP contribution in [0.15, 0.2) is 48.9 Å². The Labute approximate surface area is 175 Å². The normalized spacial score (nSPS) is 16.5. The summed E-state index contributed by atoms with van der Waals surface area (Å²) in [6.07, 6.45) is 7.91. The number of hydrogen-bond donors (Lipinski definition) is 1. The van der Waals surface area contributed by atoms with Crippen LogP contribution >= 0.6 is 0 Å². The standard InChI is InChI=1S/C21H18FN5O4/c22-17-8-15(27(28)29)4-5-19(17)31-20-7-13-12-25-26(21-3-1-2-6-30-21)18(13)9-16(20)14-10-23-24-11-14/h4-5,7-12,21H,1-3,6H2,(H,23,24). The van der Waals surface area contributed by atoms with Gasteiger partial charge in [0.25, 0.3) is 5.69 Å². The van der Waals surface area contributed by atoms with Crippen molar-refractivity contribution in [1.82, 2.24) is 20.0 Å². The van der Waals surface area contributed by atoms with Gasteiger partial charge in [0.2, 0.25) is 0 Å². The zero-order chi connectivity index (χ0) is 21.4. The lowest BCUT2D eigenvalue weighted by atomic mass is 10.1. The van der Waals surface area contributed by atoms with Gasteiger partial charge in [-0.3, -0.25) is 15.2 Å². The maximum absolute atomic E-state index is 14.5. The minimum absolute atomic E-state index is 0.113. The SMILES string of the molecule is O=[N+]([O-])c1ccc(Oc2cc3cnn(C4CCCCO4)c3cc2-c2cn[nH]c2)c(F)c1. The monoisotopic (exact) mass is 423 g/mol. The first-order valence-electron chi connectivity index (χ1n) is 9.84. The molecule has 2 aromatic heterocycles. The summed E-state index contributed by atoms with van der Waals surface area (Å²) >= 11 is 0. The molecule has 1 unspecified atom stereocenters. The largest absolute Gasteiger partial charge is 0.454 e. The number of non-ortho nitro benzene ring substituents is 1. The Balaban J connectivity index is 1.59. The number of rotatable bonds is 5. The van der Waals surface area contributed by atoms with Gasteiger partial charge in [-0.25, -0.2) is 9.07 Å². The van der Waals surface area contributed by atoms with E-state index in [1.807, 2.05) is 10.7 Å². The lowest BCUT2D eigenvalue weighted by molar-refractivity contribution is -0.385. The highest BCUT2D eigenvalue weighted by molar-refractivity contribution is 5.88. The zero-order valence-corrected chi connectivity index (χ0v) is 16.3. The molecule has 0 saturated carbocycles. The van der Waals surface area contributed by atoms with Crippen molar-refractivity contribution in [3.8, 4) is 22.6 Å². The van der Waals surface area contributed by atoms with E-state index in [0.29, 0.717) is 17.9 Å². The number of fused-ring (bicyclic) bond motifs is 1. The first-order valence-corrected chi connectivity index (χ1v) is 9.84. The fourth-order valence-corrected chi connectivity index (χ4v) is 3.73. The van der Waals surface area contributed by atoms with Gasteiger partial charge in [-0.1, -0.05) is 0 Å². The van der Waals surface area contributed by atoms with Crippen LogP contribution in [0.25, 0.3) is 22.0 Å². The van der Waals surface area contributed by atoms with E-state index in [-0.39, 0.29) is 17.7 Å². The minimum Gasteiger partial charge on any atom is -0.454 e. The molecule has 0 amide bonds. The highest BCUT2D eigenvalue weighted by Crippen LogP contribution is 2.39. The van der Waals surface area contributed by atoms with Gasteiger partial charge in [0.15, 0.2) is 17.8 Å². The molecule has 1 fully saturated rings. The number of ether oxygens (including phenoxy) is 2. The van der Waals surface area contributed by atoms with Crippen LogP contribution in [-0.2, 0) is 4.74 Å². The quantitative estimate of drug-likeness (QED) is 0.359. The summed E-state index contributed by atoms with van der Waals surface area (Å²) in [5.74, 6) is -0.554. The number of benzene rings is 2. The van der Waals surface area contributed by atoms with Crippen LogP contribution in [0.2, 0.25) is 0 Å². The Hall–Kier alpha value is -3.79. The number of H-pyrrole nitrogens is 1. The highest BCUT2D eigenvalue weighted by Gasteiger charge is 2.21. The molecule has 5 rings (SSSR count).